The Kier molecular flexibility index (Phi) is 3.00. The van der Waals surface area contributed by atoms with Gasteiger partial charge in [-0.3, -0.25) is 0 Å². The molecule has 3 nitrogen and oxygen atoms in total. The predicted octanol–water partition coefficient (Wildman–Crippen LogP) is 0.881. The Hall–Kier alpha value is -0.120. The van der Waals surface area contributed by atoms with E-state index in [4.69, 9.17) is 10.5 Å². The van der Waals surface area contributed by atoms with E-state index < -0.39 is 0 Å². The third-order valence-electron chi connectivity index (χ3n) is 3.06. The zero-order chi connectivity index (χ0) is 10.1. The van der Waals surface area contributed by atoms with E-state index in [1.54, 1.807) is 0 Å². The summed E-state index contributed by atoms with van der Waals surface area (Å²) in [7, 11) is 0. The summed E-state index contributed by atoms with van der Waals surface area (Å²) in [6, 6.07) is 0.449. The van der Waals surface area contributed by atoms with Gasteiger partial charge < -0.3 is 15.8 Å². The minimum Gasteiger partial charge on any atom is -0.374 e. The van der Waals surface area contributed by atoms with Gasteiger partial charge >= 0.3 is 0 Å². The lowest BCUT2D eigenvalue weighted by Crippen LogP contribution is -2.63. The molecule has 78 valence electrons. The molecule has 0 bridgehead atoms. The van der Waals surface area contributed by atoms with E-state index in [0.717, 1.165) is 13.0 Å². The standard InChI is InChI=1S/C10H22N2O/c1-8(2)12-10(7-11)5-6-13-9(10,3)4/h8,12H,5-7,11H2,1-4H3. The molecule has 1 heterocycles. The number of hydrogen-bond donors (Lipinski definition) is 2. The van der Waals surface area contributed by atoms with Crippen LogP contribution in [0.25, 0.3) is 0 Å². The third-order valence-corrected chi connectivity index (χ3v) is 3.06. The summed E-state index contributed by atoms with van der Waals surface area (Å²) in [6.45, 7) is 9.96. The molecule has 0 aliphatic carbocycles. The molecule has 0 aromatic carbocycles. The Balaban J connectivity index is 2.79. The molecule has 0 radical (unpaired) electrons. The molecule has 1 aliphatic rings. The van der Waals surface area contributed by atoms with Crippen molar-refractivity contribution in [3.05, 3.63) is 0 Å². The maximum Gasteiger partial charge on any atom is 0.0820 e. The first-order chi connectivity index (χ1) is 5.93. The van der Waals surface area contributed by atoms with Gasteiger partial charge in [0.05, 0.1) is 11.1 Å². The molecular formula is C10H22N2O. The Bertz CT molecular complexity index is 180. The first kappa shape index (κ1) is 11.0. The second-order valence-electron chi connectivity index (χ2n) is 4.69. The van der Waals surface area contributed by atoms with Crippen molar-refractivity contribution >= 4 is 0 Å². The largest absolute Gasteiger partial charge is 0.374 e. The molecule has 0 amide bonds. The molecule has 0 aromatic rings. The molecule has 3 heteroatoms. The Morgan fingerprint density at radius 3 is 2.38 bits per heavy atom. The van der Waals surface area contributed by atoms with Crippen LogP contribution in [0.15, 0.2) is 0 Å². The van der Waals surface area contributed by atoms with Gasteiger partial charge in [-0.2, -0.15) is 0 Å². The highest BCUT2D eigenvalue weighted by Gasteiger charge is 2.49. The van der Waals surface area contributed by atoms with Crippen LogP contribution in [0.2, 0.25) is 0 Å². The van der Waals surface area contributed by atoms with Crippen molar-refractivity contribution in [1.29, 1.82) is 0 Å². The van der Waals surface area contributed by atoms with E-state index in [2.05, 4.69) is 33.0 Å². The van der Waals surface area contributed by atoms with Gasteiger partial charge in [0.15, 0.2) is 0 Å². The molecule has 1 saturated heterocycles. The summed E-state index contributed by atoms with van der Waals surface area (Å²) in [6.07, 6.45) is 1.01. The van der Waals surface area contributed by atoms with Crippen molar-refractivity contribution in [3.63, 3.8) is 0 Å². The number of nitrogens with one attached hydrogen (secondary N) is 1. The van der Waals surface area contributed by atoms with Gasteiger partial charge in [0.1, 0.15) is 0 Å². The van der Waals surface area contributed by atoms with Crippen LogP contribution in [0.3, 0.4) is 0 Å². The van der Waals surface area contributed by atoms with E-state index >= 15 is 0 Å². The van der Waals surface area contributed by atoms with Gasteiger partial charge in [-0.1, -0.05) is 13.8 Å². The Labute approximate surface area is 81.0 Å². The highest BCUT2D eigenvalue weighted by molar-refractivity contribution is 5.07. The van der Waals surface area contributed by atoms with Crippen molar-refractivity contribution < 1.29 is 4.74 Å². The fourth-order valence-corrected chi connectivity index (χ4v) is 2.12. The van der Waals surface area contributed by atoms with Crippen LogP contribution < -0.4 is 11.1 Å². The minimum absolute atomic E-state index is 0.0405. The van der Waals surface area contributed by atoms with E-state index in [0.29, 0.717) is 12.6 Å². The lowest BCUT2D eigenvalue weighted by Gasteiger charge is -2.41. The lowest BCUT2D eigenvalue weighted by molar-refractivity contribution is -0.0112. The molecule has 0 saturated carbocycles. The first-order valence-electron chi connectivity index (χ1n) is 5.05. The number of hydrogen-bond acceptors (Lipinski definition) is 3. The van der Waals surface area contributed by atoms with Crippen molar-refractivity contribution in [2.45, 2.75) is 51.3 Å². The summed E-state index contributed by atoms with van der Waals surface area (Å²) in [5.74, 6) is 0. The quantitative estimate of drug-likeness (QED) is 0.688. The zero-order valence-electron chi connectivity index (χ0n) is 9.18. The average Bonchev–Trinajstić information content (AvgIpc) is 2.27. The van der Waals surface area contributed by atoms with Crippen molar-refractivity contribution in [2.24, 2.45) is 5.73 Å². The van der Waals surface area contributed by atoms with Crippen LogP contribution in [-0.4, -0.2) is 30.3 Å². The smallest absolute Gasteiger partial charge is 0.0820 e. The summed E-state index contributed by atoms with van der Waals surface area (Å²) >= 11 is 0. The van der Waals surface area contributed by atoms with Crippen LogP contribution in [0.1, 0.15) is 34.1 Å². The normalized spacial score (nSPS) is 32.8. The van der Waals surface area contributed by atoms with Gasteiger partial charge in [0, 0.05) is 19.2 Å². The fraction of sp³-hybridized carbons (Fsp3) is 1.00. The van der Waals surface area contributed by atoms with Crippen LogP contribution in [0.4, 0.5) is 0 Å². The highest BCUT2D eigenvalue weighted by Crippen LogP contribution is 2.35. The molecule has 3 N–H and O–H groups in total. The van der Waals surface area contributed by atoms with Crippen LogP contribution in [-0.2, 0) is 4.74 Å². The lowest BCUT2D eigenvalue weighted by atomic mass is 9.81. The van der Waals surface area contributed by atoms with Crippen LogP contribution in [0, 0.1) is 0 Å². The summed E-state index contributed by atoms with van der Waals surface area (Å²) in [4.78, 5) is 0. The van der Waals surface area contributed by atoms with E-state index in [-0.39, 0.29) is 11.1 Å². The molecule has 0 aromatic heterocycles. The molecule has 0 spiro atoms. The van der Waals surface area contributed by atoms with Crippen LogP contribution in [0.5, 0.6) is 0 Å². The molecule has 1 rings (SSSR count). The third kappa shape index (κ3) is 1.87. The molecular weight excluding hydrogens is 164 g/mol. The zero-order valence-corrected chi connectivity index (χ0v) is 9.18. The molecule has 1 atom stereocenters. The monoisotopic (exact) mass is 186 g/mol. The minimum atomic E-state index is -0.147. The molecule has 13 heavy (non-hydrogen) atoms. The van der Waals surface area contributed by atoms with Gasteiger partial charge in [-0.25, -0.2) is 0 Å². The summed E-state index contributed by atoms with van der Waals surface area (Å²) < 4.78 is 5.71. The van der Waals surface area contributed by atoms with Gasteiger partial charge in [-0.15, -0.1) is 0 Å². The SMILES string of the molecule is CC(C)NC1(CN)CCOC1(C)C. The number of nitrogens with two attached hydrogens (primary N) is 1. The Morgan fingerprint density at radius 2 is 2.08 bits per heavy atom. The second-order valence-corrected chi connectivity index (χ2v) is 4.69. The topological polar surface area (TPSA) is 47.3 Å². The highest BCUT2D eigenvalue weighted by atomic mass is 16.5. The Morgan fingerprint density at radius 1 is 1.46 bits per heavy atom. The first-order valence-corrected chi connectivity index (χ1v) is 5.05. The van der Waals surface area contributed by atoms with Gasteiger partial charge in [-0.05, 0) is 20.3 Å². The molecule has 1 aliphatic heterocycles. The van der Waals surface area contributed by atoms with Crippen LogP contribution >= 0.6 is 0 Å². The molecule has 1 unspecified atom stereocenters. The molecule has 1 fully saturated rings. The summed E-state index contributed by atoms with van der Waals surface area (Å²) in [5.41, 5.74) is 5.66. The van der Waals surface area contributed by atoms with E-state index in [1.165, 1.54) is 0 Å². The van der Waals surface area contributed by atoms with Crippen molar-refractivity contribution in [2.75, 3.05) is 13.2 Å². The number of ether oxygens (including phenoxy) is 1. The second kappa shape index (κ2) is 3.56. The summed E-state index contributed by atoms with van der Waals surface area (Å²) in [5, 5.41) is 3.55. The average molecular weight is 186 g/mol. The fourth-order valence-electron chi connectivity index (χ4n) is 2.12. The van der Waals surface area contributed by atoms with Gasteiger partial charge in [0.2, 0.25) is 0 Å². The number of rotatable bonds is 3. The van der Waals surface area contributed by atoms with Crippen molar-refractivity contribution in [3.8, 4) is 0 Å². The predicted molar refractivity (Wildman–Crippen MR) is 54.7 cm³/mol. The maximum absolute atomic E-state index is 5.85. The van der Waals surface area contributed by atoms with E-state index in [1.807, 2.05) is 0 Å². The van der Waals surface area contributed by atoms with Crippen molar-refractivity contribution in [1.82, 2.24) is 5.32 Å². The maximum atomic E-state index is 5.85. The van der Waals surface area contributed by atoms with Gasteiger partial charge in [0.25, 0.3) is 0 Å². The van der Waals surface area contributed by atoms with E-state index in [9.17, 15) is 0 Å².